The van der Waals surface area contributed by atoms with E-state index in [1.165, 1.54) is 13.8 Å². The Hall–Kier alpha value is -2.15. The van der Waals surface area contributed by atoms with Gasteiger partial charge in [-0.05, 0) is 37.6 Å². The molecular weight excluding hydrogens is 328 g/mol. The Balaban J connectivity index is 2.75. The maximum Gasteiger partial charge on any atom is 0.334 e. The fourth-order valence-corrected chi connectivity index (χ4v) is 2.31. The molecule has 6 nitrogen and oxygen atoms in total. The number of benzene rings is 1. The lowest BCUT2D eigenvalue weighted by Crippen LogP contribution is -2.44. The minimum absolute atomic E-state index is 0.131. The van der Waals surface area contributed by atoms with Gasteiger partial charge in [-0.1, -0.05) is 18.7 Å². The molecule has 0 fully saturated rings. The lowest BCUT2D eigenvalue weighted by atomic mass is 10.2. The third kappa shape index (κ3) is 7.41. The van der Waals surface area contributed by atoms with Gasteiger partial charge in [0.25, 0.3) is 0 Å². The van der Waals surface area contributed by atoms with E-state index in [1.54, 1.807) is 24.3 Å². The summed E-state index contributed by atoms with van der Waals surface area (Å²) in [6.07, 6.45) is 0.864. The van der Waals surface area contributed by atoms with Crippen molar-refractivity contribution in [1.29, 1.82) is 0 Å². The maximum atomic E-state index is 12.2. The number of esters is 1. The lowest BCUT2D eigenvalue weighted by molar-refractivity contribution is -0.138. The normalized spacial score (nSPS) is 12.4. The lowest BCUT2D eigenvalue weighted by Gasteiger charge is -2.15. The van der Waals surface area contributed by atoms with E-state index in [0.29, 0.717) is 5.75 Å². The molecule has 1 amide bonds. The summed E-state index contributed by atoms with van der Waals surface area (Å²) in [4.78, 5) is 38.8. The number of carbonyl (C=O) groups excluding carboxylic acids is 3. The van der Waals surface area contributed by atoms with Crippen LogP contribution in [0.3, 0.4) is 0 Å². The number of nitrogens with zero attached hydrogens (tertiary/aromatic N) is 1. The predicted octanol–water partition coefficient (Wildman–Crippen LogP) is 2.88. The predicted molar refractivity (Wildman–Crippen MR) is 95.9 cm³/mol. The van der Waals surface area contributed by atoms with Crippen molar-refractivity contribution in [2.45, 2.75) is 40.2 Å². The monoisotopic (exact) mass is 350 g/mol. The summed E-state index contributed by atoms with van der Waals surface area (Å²) < 4.78 is 5.27. The summed E-state index contributed by atoms with van der Waals surface area (Å²) in [5.74, 6) is -0.483. The number of amides is 1. The van der Waals surface area contributed by atoms with Crippen molar-refractivity contribution in [3.63, 3.8) is 0 Å². The molecule has 1 atom stereocenters. The topological polar surface area (TPSA) is 84.8 Å². The molecule has 24 heavy (non-hydrogen) atoms. The first kappa shape index (κ1) is 19.9. The summed E-state index contributed by atoms with van der Waals surface area (Å²) in [5.41, 5.74) is 1.78. The highest BCUT2D eigenvalue weighted by Gasteiger charge is 2.22. The van der Waals surface area contributed by atoms with Gasteiger partial charge in [-0.2, -0.15) is 0 Å². The van der Waals surface area contributed by atoms with Crippen LogP contribution in [0, 0.1) is 0 Å². The number of hydrogen-bond acceptors (Lipinski definition) is 6. The molecule has 1 aromatic carbocycles. The second kappa shape index (κ2) is 9.87. The second-order valence-corrected chi connectivity index (χ2v) is 6.37. The quantitative estimate of drug-likeness (QED) is 0.464. The number of ether oxygens (including phenoxy) is 1. The SMILES string of the molecule is CCC(C)=Nc1ccc(OC(=O)C(CSC(C)=O)NC(C)=O)cc1. The smallest absolute Gasteiger partial charge is 0.334 e. The molecule has 1 aromatic rings. The number of carbonyl (C=O) groups is 3. The van der Waals surface area contributed by atoms with Crippen molar-refractivity contribution in [3.8, 4) is 5.75 Å². The number of thioether (sulfide) groups is 1. The van der Waals surface area contributed by atoms with Gasteiger partial charge in [-0.25, -0.2) is 4.79 Å². The van der Waals surface area contributed by atoms with Crippen LogP contribution >= 0.6 is 11.8 Å². The van der Waals surface area contributed by atoms with Gasteiger partial charge in [0.1, 0.15) is 11.8 Å². The molecule has 0 aliphatic heterocycles. The third-order valence-electron chi connectivity index (χ3n) is 3.00. The van der Waals surface area contributed by atoms with Gasteiger partial charge in [-0.3, -0.25) is 14.6 Å². The first-order valence-corrected chi connectivity index (χ1v) is 8.56. The number of aliphatic imine (C=N–C) groups is 1. The van der Waals surface area contributed by atoms with Crippen molar-refractivity contribution in [1.82, 2.24) is 5.32 Å². The molecule has 0 spiro atoms. The zero-order valence-corrected chi connectivity index (χ0v) is 15.1. The van der Waals surface area contributed by atoms with Crippen LogP contribution in [0.4, 0.5) is 5.69 Å². The molecule has 0 aromatic heterocycles. The summed E-state index contributed by atoms with van der Waals surface area (Å²) in [5, 5.41) is 2.36. The molecule has 0 saturated heterocycles. The fraction of sp³-hybridized carbons (Fsp3) is 0.412. The van der Waals surface area contributed by atoms with E-state index in [1.807, 2.05) is 13.8 Å². The summed E-state index contributed by atoms with van der Waals surface area (Å²) in [7, 11) is 0. The number of rotatable bonds is 7. The zero-order chi connectivity index (χ0) is 18.1. The van der Waals surface area contributed by atoms with E-state index in [4.69, 9.17) is 4.74 Å². The molecule has 0 aliphatic carbocycles. The highest BCUT2D eigenvalue weighted by Crippen LogP contribution is 2.19. The molecule has 1 unspecified atom stereocenters. The first-order valence-electron chi connectivity index (χ1n) is 7.58. The van der Waals surface area contributed by atoms with Gasteiger partial charge >= 0.3 is 5.97 Å². The third-order valence-corrected chi connectivity index (χ3v) is 3.91. The van der Waals surface area contributed by atoms with Crippen LogP contribution < -0.4 is 10.1 Å². The van der Waals surface area contributed by atoms with Crippen LogP contribution in [-0.4, -0.2) is 34.5 Å². The van der Waals surface area contributed by atoms with E-state index in [-0.39, 0.29) is 16.8 Å². The molecule has 0 saturated carbocycles. The molecule has 7 heteroatoms. The number of hydrogen-bond donors (Lipinski definition) is 1. The molecule has 0 radical (unpaired) electrons. The average molecular weight is 350 g/mol. The standard InChI is InChI=1S/C17H22N2O4S/c1-5-11(2)18-14-6-8-15(9-7-14)23-17(22)16(19-12(3)20)10-24-13(4)21/h6-9,16H,5,10H2,1-4H3,(H,19,20). The molecule has 130 valence electrons. The molecule has 0 aliphatic rings. The Morgan fingerprint density at radius 1 is 1.17 bits per heavy atom. The van der Waals surface area contributed by atoms with E-state index >= 15 is 0 Å². The molecule has 0 heterocycles. The van der Waals surface area contributed by atoms with Gasteiger partial charge in [0, 0.05) is 25.3 Å². The maximum absolute atomic E-state index is 12.2. The summed E-state index contributed by atoms with van der Waals surface area (Å²) in [6.45, 7) is 6.68. The van der Waals surface area contributed by atoms with Gasteiger partial charge < -0.3 is 10.1 Å². The Bertz CT molecular complexity index is 626. The number of nitrogens with one attached hydrogen (secondary N) is 1. The van der Waals surface area contributed by atoms with E-state index < -0.39 is 12.0 Å². The van der Waals surface area contributed by atoms with Crippen molar-refractivity contribution in [2.75, 3.05) is 5.75 Å². The largest absolute Gasteiger partial charge is 0.425 e. The molecule has 1 rings (SSSR count). The van der Waals surface area contributed by atoms with Crippen molar-refractivity contribution in [2.24, 2.45) is 4.99 Å². The van der Waals surface area contributed by atoms with Gasteiger partial charge in [0.2, 0.25) is 5.91 Å². The van der Waals surface area contributed by atoms with Gasteiger partial charge in [0.05, 0.1) is 5.69 Å². The van der Waals surface area contributed by atoms with E-state index in [2.05, 4.69) is 10.3 Å². The Kier molecular flexibility index (Phi) is 8.18. The average Bonchev–Trinajstić information content (AvgIpc) is 2.52. The van der Waals surface area contributed by atoms with Crippen LogP contribution in [0.15, 0.2) is 29.3 Å². The van der Waals surface area contributed by atoms with Crippen molar-refractivity contribution in [3.05, 3.63) is 24.3 Å². The Morgan fingerprint density at radius 3 is 2.29 bits per heavy atom. The van der Waals surface area contributed by atoms with Gasteiger partial charge in [0.15, 0.2) is 5.12 Å². The van der Waals surface area contributed by atoms with E-state index in [9.17, 15) is 14.4 Å². The van der Waals surface area contributed by atoms with Crippen LogP contribution in [-0.2, 0) is 14.4 Å². The van der Waals surface area contributed by atoms with Crippen LogP contribution in [0.2, 0.25) is 0 Å². The van der Waals surface area contributed by atoms with Crippen molar-refractivity contribution >= 4 is 40.2 Å². The van der Waals surface area contributed by atoms with Gasteiger partial charge in [-0.15, -0.1) is 0 Å². The highest BCUT2D eigenvalue weighted by molar-refractivity contribution is 8.13. The summed E-state index contributed by atoms with van der Waals surface area (Å²) in [6, 6.07) is 5.90. The first-order chi connectivity index (χ1) is 11.3. The second-order valence-electron chi connectivity index (χ2n) is 5.17. The van der Waals surface area contributed by atoms with E-state index in [0.717, 1.165) is 29.6 Å². The van der Waals surface area contributed by atoms with Crippen molar-refractivity contribution < 1.29 is 19.1 Å². The van der Waals surface area contributed by atoms with Crippen LogP contribution in [0.5, 0.6) is 5.75 Å². The molecule has 1 N–H and O–H groups in total. The fourth-order valence-electron chi connectivity index (χ4n) is 1.69. The minimum atomic E-state index is -0.878. The Morgan fingerprint density at radius 2 is 1.79 bits per heavy atom. The summed E-state index contributed by atoms with van der Waals surface area (Å²) >= 11 is 0.960. The molecular formula is C17H22N2O4S. The highest BCUT2D eigenvalue weighted by atomic mass is 32.2. The van der Waals surface area contributed by atoms with Crippen LogP contribution in [0.25, 0.3) is 0 Å². The zero-order valence-electron chi connectivity index (χ0n) is 14.3. The molecule has 0 bridgehead atoms. The minimum Gasteiger partial charge on any atom is -0.425 e. The van der Waals surface area contributed by atoms with Crippen LogP contribution in [0.1, 0.15) is 34.1 Å². The Labute approximate surface area is 146 Å².